The molecule has 4 aliphatic rings. The molecular weight excluding hydrogens is 196 g/mol. The Hall–Kier alpha value is -0.180. The number of hydrogen-bond acceptors (Lipinski definition) is 3. The Morgan fingerprint density at radius 1 is 1.36 bits per heavy atom. The van der Waals surface area contributed by atoms with Gasteiger partial charge in [-0.05, 0) is 48.7 Å². The lowest BCUT2D eigenvalue weighted by Crippen LogP contribution is -2.41. The fourth-order valence-electron chi connectivity index (χ4n) is 4.56. The van der Waals surface area contributed by atoms with Gasteiger partial charge in [-0.15, -0.1) is 0 Å². The number of carbonyl (C=O) groups excluding carboxylic acids is 1. The van der Waals surface area contributed by atoms with E-state index < -0.39 is 0 Å². The Morgan fingerprint density at radius 3 is 2.36 bits per heavy atom. The van der Waals surface area contributed by atoms with Crippen molar-refractivity contribution in [3.8, 4) is 0 Å². The lowest BCUT2D eigenvalue weighted by Gasteiger charge is -2.37. The molecule has 2 atom stereocenters. The van der Waals surface area contributed by atoms with Crippen LogP contribution in [-0.2, 0) is 9.53 Å². The van der Waals surface area contributed by atoms with E-state index >= 15 is 0 Å². The van der Waals surface area contributed by atoms with Gasteiger partial charge in [-0.25, -0.2) is 0 Å². The lowest BCUT2D eigenvalue weighted by atomic mass is 9.69. The van der Waals surface area contributed by atoms with Crippen molar-refractivity contribution in [2.75, 3.05) is 12.9 Å². The highest BCUT2D eigenvalue weighted by Crippen LogP contribution is 2.77. The summed E-state index contributed by atoms with van der Waals surface area (Å²) >= 11 is 4.47. The third-order valence-corrected chi connectivity index (χ3v) is 5.69. The number of rotatable bonds is 2. The number of esters is 1. The topological polar surface area (TPSA) is 26.3 Å². The monoisotopic (exact) mass is 212 g/mol. The second kappa shape index (κ2) is 2.49. The van der Waals surface area contributed by atoms with Crippen molar-refractivity contribution < 1.29 is 9.53 Å². The molecule has 0 radical (unpaired) electrons. The summed E-state index contributed by atoms with van der Waals surface area (Å²) in [6.45, 7) is 0. The first-order chi connectivity index (χ1) is 6.67. The van der Waals surface area contributed by atoms with Crippen molar-refractivity contribution in [1.82, 2.24) is 0 Å². The van der Waals surface area contributed by atoms with Gasteiger partial charge in [-0.3, -0.25) is 4.79 Å². The maximum atomic E-state index is 11.9. The quantitative estimate of drug-likeness (QED) is 0.559. The van der Waals surface area contributed by atoms with Gasteiger partial charge in [0.1, 0.15) is 0 Å². The van der Waals surface area contributed by atoms with E-state index in [-0.39, 0.29) is 16.8 Å². The van der Waals surface area contributed by atoms with Crippen LogP contribution in [-0.4, -0.2) is 18.8 Å². The first kappa shape index (κ1) is 9.08. The molecule has 3 heteroatoms. The third kappa shape index (κ3) is 0.721. The summed E-state index contributed by atoms with van der Waals surface area (Å²) in [4.78, 5) is 11.9. The van der Waals surface area contributed by atoms with Crippen molar-refractivity contribution in [2.45, 2.75) is 25.7 Å². The second-order valence-electron chi connectivity index (χ2n) is 5.35. The fraction of sp³-hybridized carbons (Fsp3) is 0.909. The van der Waals surface area contributed by atoms with Crippen LogP contribution in [0.25, 0.3) is 0 Å². The van der Waals surface area contributed by atoms with E-state index in [0.29, 0.717) is 0 Å². The van der Waals surface area contributed by atoms with E-state index in [9.17, 15) is 4.79 Å². The highest BCUT2D eigenvalue weighted by Gasteiger charge is 2.74. The van der Waals surface area contributed by atoms with E-state index in [2.05, 4.69) is 12.6 Å². The molecule has 0 spiro atoms. The average Bonchev–Trinajstić information content (AvgIpc) is 2.85. The first-order valence-corrected chi connectivity index (χ1v) is 6.00. The number of carbonyl (C=O) groups is 1. The molecule has 14 heavy (non-hydrogen) atoms. The molecule has 0 N–H and O–H groups in total. The summed E-state index contributed by atoms with van der Waals surface area (Å²) < 4.78 is 5.01. The summed E-state index contributed by atoms with van der Waals surface area (Å²) in [5, 5.41) is 0. The van der Waals surface area contributed by atoms with Crippen LogP contribution in [0.2, 0.25) is 0 Å². The Bertz CT molecular complexity index is 286. The second-order valence-corrected chi connectivity index (χ2v) is 5.67. The van der Waals surface area contributed by atoms with E-state index in [0.717, 1.165) is 30.4 Å². The summed E-state index contributed by atoms with van der Waals surface area (Å²) in [5.41, 5.74) is 0.0529. The molecule has 4 saturated carbocycles. The summed E-state index contributed by atoms with van der Waals surface area (Å²) in [7, 11) is 1.52. The van der Waals surface area contributed by atoms with E-state index in [1.165, 1.54) is 20.0 Å². The van der Waals surface area contributed by atoms with Gasteiger partial charge in [-0.1, -0.05) is 0 Å². The highest BCUT2D eigenvalue weighted by molar-refractivity contribution is 7.80. The number of methoxy groups -OCH3 is 1. The number of hydrogen-bond donors (Lipinski definition) is 1. The minimum Gasteiger partial charge on any atom is -0.469 e. The maximum Gasteiger partial charge on any atom is 0.312 e. The molecular formula is C11H16O2S. The van der Waals surface area contributed by atoms with Gasteiger partial charge < -0.3 is 4.74 Å². The van der Waals surface area contributed by atoms with Crippen LogP contribution < -0.4 is 0 Å². The molecule has 4 bridgehead atoms. The molecule has 0 aromatic carbocycles. The molecule has 0 aromatic heterocycles. The smallest absolute Gasteiger partial charge is 0.312 e. The van der Waals surface area contributed by atoms with Crippen molar-refractivity contribution >= 4 is 18.6 Å². The molecule has 0 aliphatic heterocycles. The van der Waals surface area contributed by atoms with Gasteiger partial charge in [0.2, 0.25) is 0 Å². The van der Waals surface area contributed by atoms with Gasteiger partial charge in [0.15, 0.2) is 0 Å². The van der Waals surface area contributed by atoms with Crippen LogP contribution in [0, 0.1) is 22.7 Å². The van der Waals surface area contributed by atoms with E-state index in [1.807, 2.05) is 0 Å². The SMILES string of the molecule is COC(=O)C12CC3CC1(CS)CC3C2. The Kier molecular flexibility index (Phi) is 1.61. The van der Waals surface area contributed by atoms with Crippen LogP contribution in [0.3, 0.4) is 0 Å². The van der Waals surface area contributed by atoms with Gasteiger partial charge >= 0.3 is 5.97 Å². The minimum absolute atomic E-state index is 0.0362. The van der Waals surface area contributed by atoms with E-state index in [1.54, 1.807) is 0 Å². The molecule has 0 amide bonds. The lowest BCUT2D eigenvalue weighted by molar-refractivity contribution is -0.157. The van der Waals surface area contributed by atoms with Crippen molar-refractivity contribution in [3.63, 3.8) is 0 Å². The molecule has 4 rings (SSSR count). The number of thiol groups is 1. The molecule has 78 valence electrons. The zero-order valence-electron chi connectivity index (χ0n) is 8.45. The summed E-state index contributed by atoms with van der Waals surface area (Å²) in [6, 6.07) is 0. The molecule has 4 aliphatic carbocycles. The Labute approximate surface area is 89.8 Å². The van der Waals surface area contributed by atoms with Crippen molar-refractivity contribution in [1.29, 1.82) is 0 Å². The summed E-state index contributed by atoms with van der Waals surface area (Å²) in [5.74, 6) is 2.48. The van der Waals surface area contributed by atoms with Crippen molar-refractivity contribution in [2.24, 2.45) is 22.7 Å². The van der Waals surface area contributed by atoms with Crippen molar-refractivity contribution in [3.05, 3.63) is 0 Å². The fourth-order valence-corrected chi connectivity index (χ4v) is 5.12. The highest BCUT2D eigenvalue weighted by atomic mass is 32.1. The van der Waals surface area contributed by atoms with Crippen LogP contribution in [0.1, 0.15) is 25.7 Å². The average molecular weight is 212 g/mol. The summed E-state index contributed by atoms with van der Waals surface area (Å²) in [6.07, 6.45) is 4.59. The zero-order chi connectivity index (χ0) is 9.97. The Morgan fingerprint density at radius 2 is 1.93 bits per heavy atom. The van der Waals surface area contributed by atoms with Crippen LogP contribution in [0.15, 0.2) is 0 Å². The molecule has 0 heterocycles. The molecule has 2 nitrogen and oxygen atoms in total. The standard InChI is InChI=1S/C11H16O2S/c1-13-9(12)11-4-7-2-10(11,6-14)3-8(7)5-11/h7-8,14H,2-6H2,1H3. The van der Waals surface area contributed by atoms with Gasteiger partial charge in [-0.2, -0.15) is 12.6 Å². The van der Waals surface area contributed by atoms with E-state index in [4.69, 9.17) is 4.74 Å². The van der Waals surface area contributed by atoms with Crippen LogP contribution >= 0.6 is 12.6 Å². The predicted octanol–water partition coefficient (Wildman–Crippen LogP) is 1.90. The third-order valence-electron chi connectivity index (χ3n) is 5.09. The number of ether oxygens (including phenoxy) is 1. The minimum atomic E-state index is -0.140. The molecule has 2 unspecified atom stereocenters. The van der Waals surface area contributed by atoms with Gasteiger partial charge in [0, 0.05) is 0 Å². The largest absolute Gasteiger partial charge is 0.469 e. The van der Waals surface area contributed by atoms with Crippen LogP contribution in [0.4, 0.5) is 0 Å². The van der Waals surface area contributed by atoms with Crippen LogP contribution in [0.5, 0.6) is 0 Å². The molecule has 0 saturated heterocycles. The molecule has 0 aromatic rings. The van der Waals surface area contributed by atoms with Gasteiger partial charge in [0.25, 0.3) is 0 Å². The predicted molar refractivity (Wildman–Crippen MR) is 56.2 cm³/mol. The molecule has 4 fully saturated rings. The first-order valence-electron chi connectivity index (χ1n) is 5.37. The Balaban J connectivity index is 2.05. The van der Waals surface area contributed by atoms with Gasteiger partial charge in [0.05, 0.1) is 12.5 Å². The zero-order valence-corrected chi connectivity index (χ0v) is 9.35. The maximum absolute atomic E-state index is 11.9. The normalized spacial score (nSPS) is 53.0.